The zero-order valence-electron chi connectivity index (χ0n) is 9.91. The minimum absolute atomic E-state index is 0.0751. The summed E-state index contributed by atoms with van der Waals surface area (Å²) >= 11 is 0. The van der Waals surface area contributed by atoms with Crippen molar-refractivity contribution in [2.24, 2.45) is 0 Å². The zero-order chi connectivity index (χ0) is 11.4. The summed E-state index contributed by atoms with van der Waals surface area (Å²) in [5.41, 5.74) is -0.0751. The van der Waals surface area contributed by atoms with Gasteiger partial charge in [-0.05, 0) is 32.4 Å². The lowest BCUT2D eigenvalue weighted by Gasteiger charge is -2.25. The van der Waals surface area contributed by atoms with Gasteiger partial charge in [-0.1, -0.05) is 13.3 Å². The van der Waals surface area contributed by atoms with Gasteiger partial charge in [0.15, 0.2) is 0 Å². The third-order valence-corrected chi connectivity index (χ3v) is 3.10. The van der Waals surface area contributed by atoms with E-state index in [1.165, 1.54) is 19.3 Å². The first kappa shape index (κ1) is 11.4. The fraction of sp³-hybridized carbons (Fsp3) is 0.818. The van der Waals surface area contributed by atoms with Crippen LogP contribution in [0.25, 0.3) is 0 Å². The second-order valence-corrected chi connectivity index (χ2v) is 4.43. The van der Waals surface area contributed by atoms with Crippen molar-refractivity contribution in [2.75, 3.05) is 13.1 Å². The monoisotopic (exact) mass is 224 g/mol. The number of hydrogen-bond acceptors (Lipinski definition) is 3. The molecule has 0 bridgehead atoms. The van der Waals surface area contributed by atoms with Crippen LogP contribution in [0.5, 0.6) is 0 Å². The van der Waals surface area contributed by atoms with E-state index in [0.717, 1.165) is 38.4 Å². The third-order valence-electron chi connectivity index (χ3n) is 3.10. The molecule has 1 saturated heterocycles. The molecule has 90 valence electrons. The van der Waals surface area contributed by atoms with Gasteiger partial charge in [0, 0.05) is 6.54 Å². The summed E-state index contributed by atoms with van der Waals surface area (Å²) < 4.78 is 1.76. The molecule has 5 nitrogen and oxygen atoms in total. The lowest BCUT2D eigenvalue weighted by molar-refractivity contribution is 0.212. The number of aromatic nitrogens is 3. The normalized spacial score (nSPS) is 17.8. The Balaban J connectivity index is 2.05. The molecule has 0 spiro atoms. The van der Waals surface area contributed by atoms with Crippen LogP contribution in [-0.2, 0) is 13.1 Å². The van der Waals surface area contributed by atoms with Crippen LogP contribution >= 0.6 is 0 Å². The van der Waals surface area contributed by atoms with Crippen LogP contribution in [0.2, 0.25) is 0 Å². The highest BCUT2D eigenvalue weighted by Gasteiger charge is 2.14. The number of nitrogens with zero attached hydrogens (tertiary/aromatic N) is 3. The molecule has 0 radical (unpaired) electrons. The Morgan fingerprint density at radius 1 is 1.31 bits per heavy atom. The van der Waals surface area contributed by atoms with Gasteiger partial charge in [-0.15, -0.1) is 0 Å². The van der Waals surface area contributed by atoms with Gasteiger partial charge in [-0.25, -0.2) is 9.89 Å². The van der Waals surface area contributed by atoms with Crippen LogP contribution in [0.1, 0.15) is 38.4 Å². The fourth-order valence-electron chi connectivity index (χ4n) is 2.24. The molecule has 1 aliphatic heterocycles. The number of likely N-dealkylation sites (tertiary alicyclic amines) is 1. The van der Waals surface area contributed by atoms with E-state index < -0.39 is 0 Å². The average Bonchev–Trinajstić information content (AvgIpc) is 2.64. The van der Waals surface area contributed by atoms with Gasteiger partial charge >= 0.3 is 5.69 Å². The second-order valence-electron chi connectivity index (χ2n) is 4.43. The van der Waals surface area contributed by atoms with E-state index in [1.807, 2.05) is 0 Å². The Bertz CT molecular complexity index is 376. The molecule has 2 heterocycles. The Morgan fingerprint density at radius 2 is 2.06 bits per heavy atom. The van der Waals surface area contributed by atoms with Gasteiger partial charge in [0.1, 0.15) is 5.82 Å². The summed E-state index contributed by atoms with van der Waals surface area (Å²) in [7, 11) is 0. The van der Waals surface area contributed by atoms with E-state index in [0.29, 0.717) is 0 Å². The van der Waals surface area contributed by atoms with Crippen LogP contribution < -0.4 is 5.69 Å². The first-order chi connectivity index (χ1) is 7.81. The average molecular weight is 224 g/mol. The molecule has 1 aromatic rings. The van der Waals surface area contributed by atoms with Gasteiger partial charge in [0.25, 0.3) is 0 Å². The summed E-state index contributed by atoms with van der Waals surface area (Å²) in [5, 5.41) is 6.65. The van der Waals surface area contributed by atoms with Crippen molar-refractivity contribution in [1.82, 2.24) is 19.7 Å². The molecule has 1 N–H and O–H groups in total. The maximum atomic E-state index is 11.5. The Kier molecular flexibility index (Phi) is 3.77. The van der Waals surface area contributed by atoms with Crippen LogP contribution in [0.3, 0.4) is 0 Å². The molecule has 1 fully saturated rings. The molecule has 0 amide bonds. The van der Waals surface area contributed by atoms with Gasteiger partial charge < -0.3 is 0 Å². The van der Waals surface area contributed by atoms with Crippen LogP contribution in [0.4, 0.5) is 0 Å². The summed E-state index contributed by atoms with van der Waals surface area (Å²) in [6.45, 7) is 5.90. The molecule has 1 aliphatic rings. The Labute approximate surface area is 95.5 Å². The van der Waals surface area contributed by atoms with Crippen LogP contribution in [0, 0.1) is 0 Å². The van der Waals surface area contributed by atoms with E-state index >= 15 is 0 Å². The van der Waals surface area contributed by atoms with Crippen LogP contribution in [-0.4, -0.2) is 32.8 Å². The highest BCUT2D eigenvalue weighted by Crippen LogP contribution is 2.11. The first-order valence-corrected chi connectivity index (χ1v) is 6.17. The highest BCUT2D eigenvalue weighted by molar-refractivity contribution is 4.87. The zero-order valence-corrected chi connectivity index (χ0v) is 9.91. The standard InChI is InChI=1S/C11H20N4O/c1-2-6-15-10(12-13-11(15)16)9-14-7-4-3-5-8-14/h2-9H2,1H3,(H,13,16). The van der Waals surface area contributed by atoms with E-state index in [2.05, 4.69) is 22.0 Å². The maximum Gasteiger partial charge on any atom is 0.343 e. The Hall–Kier alpha value is -1.10. The molecule has 0 atom stereocenters. The summed E-state index contributed by atoms with van der Waals surface area (Å²) in [5.74, 6) is 0.883. The van der Waals surface area contributed by atoms with Gasteiger partial charge in [-0.3, -0.25) is 9.47 Å². The molecular weight excluding hydrogens is 204 g/mol. The van der Waals surface area contributed by atoms with Crippen molar-refractivity contribution < 1.29 is 0 Å². The lowest BCUT2D eigenvalue weighted by Crippen LogP contribution is -2.31. The minimum Gasteiger partial charge on any atom is -0.296 e. The molecule has 0 aromatic carbocycles. The SMILES string of the molecule is CCCn1c(CN2CCCCC2)n[nH]c1=O. The molecule has 5 heteroatoms. The predicted octanol–water partition coefficient (Wildman–Crippen LogP) is 0.967. The van der Waals surface area contributed by atoms with E-state index in [1.54, 1.807) is 4.57 Å². The van der Waals surface area contributed by atoms with Crippen molar-refractivity contribution in [1.29, 1.82) is 0 Å². The quantitative estimate of drug-likeness (QED) is 0.829. The largest absolute Gasteiger partial charge is 0.343 e. The predicted molar refractivity (Wildman–Crippen MR) is 62.3 cm³/mol. The van der Waals surface area contributed by atoms with Crippen molar-refractivity contribution in [3.8, 4) is 0 Å². The van der Waals surface area contributed by atoms with E-state index in [9.17, 15) is 4.79 Å². The number of rotatable bonds is 4. The van der Waals surface area contributed by atoms with Gasteiger partial charge in [-0.2, -0.15) is 5.10 Å². The molecule has 1 aromatic heterocycles. The number of piperidine rings is 1. The third kappa shape index (κ3) is 2.52. The van der Waals surface area contributed by atoms with Gasteiger partial charge in [0.2, 0.25) is 0 Å². The van der Waals surface area contributed by atoms with E-state index in [-0.39, 0.29) is 5.69 Å². The second kappa shape index (κ2) is 5.30. The lowest BCUT2D eigenvalue weighted by atomic mass is 10.1. The Morgan fingerprint density at radius 3 is 2.75 bits per heavy atom. The molecule has 0 unspecified atom stereocenters. The molecule has 0 saturated carbocycles. The van der Waals surface area contributed by atoms with Crippen molar-refractivity contribution >= 4 is 0 Å². The van der Waals surface area contributed by atoms with Crippen molar-refractivity contribution in [3.05, 3.63) is 16.3 Å². The minimum atomic E-state index is -0.0751. The highest BCUT2D eigenvalue weighted by atomic mass is 16.1. The van der Waals surface area contributed by atoms with E-state index in [4.69, 9.17) is 0 Å². The molecule has 16 heavy (non-hydrogen) atoms. The smallest absolute Gasteiger partial charge is 0.296 e. The van der Waals surface area contributed by atoms with Crippen molar-refractivity contribution in [3.63, 3.8) is 0 Å². The molecular formula is C11H20N4O. The maximum absolute atomic E-state index is 11.5. The number of nitrogens with one attached hydrogen (secondary N) is 1. The van der Waals surface area contributed by atoms with Gasteiger partial charge in [0.05, 0.1) is 6.54 Å². The number of aromatic amines is 1. The summed E-state index contributed by atoms with van der Waals surface area (Å²) in [6.07, 6.45) is 4.83. The van der Waals surface area contributed by atoms with Crippen LogP contribution in [0.15, 0.2) is 4.79 Å². The first-order valence-electron chi connectivity index (χ1n) is 6.17. The van der Waals surface area contributed by atoms with Crippen molar-refractivity contribution in [2.45, 2.75) is 45.7 Å². The molecule has 0 aliphatic carbocycles. The molecule has 2 rings (SSSR count). The topological polar surface area (TPSA) is 53.9 Å². The number of hydrogen-bond donors (Lipinski definition) is 1. The fourth-order valence-corrected chi connectivity index (χ4v) is 2.24. The summed E-state index contributed by atoms with van der Waals surface area (Å²) in [6, 6.07) is 0. The number of H-pyrrole nitrogens is 1. The summed E-state index contributed by atoms with van der Waals surface area (Å²) in [4.78, 5) is 13.9.